The van der Waals surface area contributed by atoms with Crippen molar-refractivity contribution in [2.24, 2.45) is 5.41 Å². The van der Waals surface area contributed by atoms with Gasteiger partial charge in [0.2, 0.25) is 0 Å². The van der Waals surface area contributed by atoms with Gasteiger partial charge in [-0.3, -0.25) is 9.59 Å². The predicted octanol–water partition coefficient (Wildman–Crippen LogP) is 2.72. The van der Waals surface area contributed by atoms with Crippen molar-refractivity contribution in [3.05, 3.63) is 41.5 Å². The van der Waals surface area contributed by atoms with Crippen molar-refractivity contribution < 1.29 is 28.9 Å². The molecule has 2 atom stereocenters. The minimum atomic E-state index is -1.73. The molecule has 0 bridgehead atoms. The van der Waals surface area contributed by atoms with Gasteiger partial charge >= 0.3 is 11.9 Å². The molecule has 2 aromatic rings. The molecule has 0 radical (unpaired) electrons. The number of ether oxygens (including phenoxy) is 3. The number of fused-ring (bicyclic) bond motifs is 3. The molecule has 0 heterocycles. The maximum atomic E-state index is 12.6. The van der Waals surface area contributed by atoms with Crippen molar-refractivity contribution in [1.82, 2.24) is 0 Å². The number of esters is 2. The van der Waals surface area contributed by atoms with E-state index in [1.165, 1.54) is 14.2 Å². The van der Waals surface area contributed by atoms with Gasteiger partial charge in [-0.15, -0.1) is 0 Å². The van der Waals surface area contributed by atoms with E-state index in [1.807, 2.05) is 24.3 Å². The van der Waals surface area contributed by atoms with Crippen LogP contribution in [-0.4, -0.2) is 38.4 Å². The van der Waals surface area contributed by atoms with E-state index in [-0.39, 0.29) is 6.42 Å². The number of benzene rings is 2. The molecule has 0 saturated carbocycles. The highest BCUT2D eigenvalue weighted by molar-refractivity contribution is 5.90. The van der Waals surface area contributed by atoms with Crippen LogP contribution in [-0.2, 0) is 31.1 Å². The van der Waals surface area contributed by atoms with Crippen LogP contribution in [0.3, 0.4) is 0 Å². The van der Waals surface area contributed by atoms with Crippen LogP contribution >= 0.6 is 0 Å². The molecule has 27 heavy (non-hydrogen) atoms. The van der Waals surface area contributed by atoms with Crippen LogP contribution < -0.4 is 4.74 Å². The summed E-state index contributed by atoms with van der Waals surface area (Å²) in [5, 5.41) is 13.6. The lowest BCUT2D eigenvalue weighted by atomic mass is 9.60. The molecule has 144 valence electrons. The van der Waals surface area contributed by atoms with Crippen molar-refractivity contribution in [1.29, 1.82) is 0 Å². The van der Waals surface area contributed by atoms with E-state index in [0.29, 0.717) is 18.4 Å². The molecule has 0 unspecified atom stereocenters. The largest absolute Gasteiger partial charge is 0.497 e. The van der Waals surface area contributed by atoms with Crippen LogP contribution in [0.5, 0.6) is 5.75 Å². The highest BCUT2D eigenvalue weighted by Crippen LogP contribution is 2.52. The Labute approximate surface area is 158 Å². The van der Waals surface area contributed by atoms with Crippen LogP contribution in [0.25, 0.3) is 10.8 Å². The lowest BCUT2D eigenvalue weighted by Crippen LogP contribution is -2.53. The average Bonchev–Trinajstić information content (AvgIpc) is 2.69. The average molecular weight is 372 g/mol. The number of rotatable bonds is 4. The van der Waals surface area contributed by atoms with Crippen LogP contribution in [0.2, 0.25) is 0 Å². The fourth-order valence-electron chi connectivity index (χ4n) is 4.10. The first kappa shape index (κ1) is 19.2. The van der Waals surface area contributed by atoms with Gasteiger partial charge < -0.3 is 19.3 Å². The van der Waals surface area contributed by atoms with Crippen LogP contribution in [0.4, 0.5) is 0 Å². The zero-order valence-corrected chi connectivity index (χ0v) is 16.0. The Bertz CT molecular complexity index is 905. The summed E-state index contributed by atoms with van der Waals surface area (Å²) in [5.74, 6) is -0.396. The first-order chi connectivity index (χ1) is 12.8. The van der Waals surface area contributed by atoms with Crippen molar-refractivity contribution in [2.45, 2.75) is 31.8 Å². The third kappa shape index (κ3) is 2.84. The number of carbonyl (C=O) groups is 2. The smallest absolute Gasteiger partial charge is 0.314 e. The predicted molar refractivity (Wildman–Crippen MR) is 99.5 cm³/mol. The number of hydrogen-bond acceptors (Lipinski definition) is 6. The van der Waals surface area contributed by atoms with Gasteiger partial charge in [-0.1, -0.05) is 18.2 Å². The van der Waals surface area contributed by atoms with E-state index >= 15 is 0 Å². The van der Waals surface area contributed by atoms with Gasteiger partial charge in [0, 0.05) is 0 Å². The first-order valence-electron chi connectivity index (χ1n) is 8.78. The topological polar surface area (TPSA) is 82.1 Å². The monoisotopic (exact) mass is 372 g/mol. The molecular formula is C21H24O6. The molecule has 1 N–H and O–H groups in total. The molecule has 0 aliphatic heterocycles. The van der Waals surface area contributed by atoms with Gasteiger partial charge in [0.1, 0.15) is 11.4 Å². The summed E-state index contributed by atoms with van der Waals surface area (Å²) in [6.45, 7) is 1.64. The summed E-state index contributed by atoms with van der Waals surface area (Å²) in [7, 11) is 4.16. The van der Waals surface area contributed by atoms with E-state index in [9.17, 15) is 14.7 Å². The van der Waals surface area contributed by atoms with Crippen LogP contribution in [0.1, 0.15) is 30.9 Å². The van der Waals surface area contributed by atoms with Crippen molar-refractivity contribution in [2.75, 3.05) is 21.3 Å². The number of carbonyl (C=O) groups excluding carboxylic acids is 2. The van der Waals surface area contributed by atoms with Crippen LogP contribution in [0, 0.1) is 5.41 Å². The van der Waals surface area contributed by atoms with Crippen molar-refractivity contribution in [3.63, 3.8) is 0 Å². The normalized spacial score (nSPS) is 24.2. The minimum absolute atomic E-state index is 0.330. The highest BCUT2D eigenvalue weighted by Gasteiger charge is 2.58. The fraction of sp³-hybridized carbons (Fsp3) is 0.429. The summed E-state index contributed by atoms with van der Waals surface area (Å²) in [6, 6.07) is 9.36. The second-order valence-corrected chi connectivity index (χ2v) is 7.12. The van der Waals surface area contributed by atoms with E-state index < -0.39 is 23.0 Å². The second kappa shape index (κ2) is 6.85. The van der Waals surface area contributed by atoms with E-state index in [2.05, 4.69) is 0 Å². The first-order valence-corrected chi connectivity index (χ1v) is 8.78. The maximum absolute atomic E-state index is 12.6. The van der Waals surface area contributed by atoms with Crippen LogP contribution in [0.15, 0.2) is 30.3 Å². The molecule has 0 amide bonds. The molecule has 1 aliphatic rings. The summed E-state index contributed by atoms with van der Waals surface area (Å²) in [4.78, 5) is 24.7. The van der Waals surface area contributed by atoms with E-state index in [1.54, 1.807) is 20.1 Å². The molecule has 2 aromatic carbocycles. The summed E-state index contributed by atoms with van der Waals surface area (Å²) in [6.07, 6.45) is 0.600. The van der Waals surface area contributed by atoms with Gasteiger partial charge in [-0.25, -0.2) is 0 Å². The molecule has 0 fully saturated rings. The lowest BCUT2D eigenvalue weighted by Gasteiger charge is -2.47. The highest BCUT2D eigenvalue weighted by atomic mass is 16.5. The van der Waals surface area contributed by atoms with E-state index in [0.717, 1.165) is 22.1 Å². The number of methoxy groups -OCH3 is 3. The second-order valence-electron chi connectivity index (χ2n) is 7.12. The van der Waals surface area contributed by atoms with Crippen molar-refractivity contribution >= 4 is 22.7 Å². The quantitative estimate of drug-likeness (QED) is 0.831. The lowest BCUT2D eigenvalue weighted by molar-refractivity contribution is -0.181. The molecule has 0 saturated heterocycles. The molecule has 0 aromatic heterocycles. The number of hydrogen-bond donors (Lipinski definition) is 1. The van der Waals surface area contributed by atoms with Gasteiger partial charge in [0.25, 0.3) is 0 Å². The minimum Gasteiger partial charge on any atom is -0.497 e. The van der Waals surface area contributed by atoms with Gasteiger partial charge in [-0.05, 0) is 53.8 Å². The van der Waals surface area contributed by atoms with Gasteiger partial charge in [-0.2, -0.15) is 0 Å². The Morgan fingerprint density at radius 1 is 1.11 bits per heavy atom. The Balaban J connectivity index is 2.24. The third-order valence-electron chi connectivity index (χ3n) is 5.84. The number of aliphatic hydroxyl groups is 1. The molecule has 6 heteroatoms. The Morgan fingerprint density at radius 3 is 2.48 bits per heavy atom. The maximum Gasteiger partial charge on any atom is 0.314 e. The number of aryl methyl sites for hydroxylation is 1. The molecular weight excluding hydrogens is 348 g/mol. The Hall–Kier alpha value is -2.60. The Morgan fingerprint density at radius 2 is 1.85 bits per heavy atom. The third-order valence-corrected chi connectivity index (χ3v) is 5.84. The standard InChI is InChI=1S/C21H24O6/c1-20(19(23)27-4)10-9-16-15-7-6-14(25-2)11-13(15)5-8-17(16)21(20,24)12-18(22)26-3/h5-8,11,24H,9-10,12H2,1-4H3/t20-,21+/m1/s1. The Kier molecular flexibility index (Phi) is 4.86. The summed E-state index contributed by atoms with van der Waals surface area (Å²) >= 11 is 0. The molecule has 3 rings (SSSR count). The SMILES string of the molecule is COC(=O)C[C@]1(O)c2ccc3cc(OC)ccc3c2CC[C@]1(C)C(=O)OC. The zero-order valence-electron chi connectivity index (χ0n) is 16.0. The molecule has 6 nitrogen and oxygen atoms in total. The summed E-state index contributed by atoms with van der Waals surface area (Å²) < 4.78 is 15.0. The van der Waals surface area contributed by atoms with E-state index in [4.69, 9.17) is 14.2 Å². The van der Waals surface area contributed by atoms with Crippen molar-refractivity contribution in [3.8, 4) is 5.75 Å². The van der Waals surface area contributed by atoms with Gasteiger partial charge in [0.15, 0.2) is 0 Å². The molecule has 1 aliphatic carbocycles. The fourth-order valence-corrected chi connectivity index (χ4v) is 4.10. The summed E-state index contributed by atoms with van der Waals surface area (Å²) in [5.41, 5.74) is -1.51. The van der Waals surface area contributed by atoms with Gasteiger partial charge in [0.05, 0.1) is 33.2 Å². The molecule has 0 spiro atoms. The zero-order chi connectivity index (χ0) is 19.8.